The summed E-state index contributed by atoms with van der Waals surface area (Å²) < 4.78 is 0. The predicted molar refractivity (Wildman–Crippen MR) is 55.6 cm³/mol. The molecule has 10 heavy (non-hydrogen) atoms. The zero-order chi connectivity index (χ0) is 5.82. The normalized spacial score (nSPS) is 18.9. The molecule has 0 bridgehead atoms. The SMILES string of the molecule is Br.Br.CNC1CCNCC1. The van der Waals surface area contributed by atoms with E-state index in [1.54, 1.807) is 0 Å². The smallest absolute Gasteiger partial charge is 0.00882 e. The first-order valence-corrected chi connectivity index (χ1v) is 3.31. The van der Waals surface area contributed by atoms with E-state index in [9.17, 15) is 0 Å². The number of hydrogen-bond donors (Lipinski definition) is 2. The lowest BCUT2D eigenvalue weighted by Gasteiger charge is -2.21. The highest BCUT2D eigenvalue weighted by molar-refractivity contribution is 8.93. The Balaban J connectivity index is 0. The van der Waals surface area contributed by atoms with Gasteiger partial charge < -0.3 is 10.6 Å². The second-order valence-corrected chi connectivity index (χ2v) is 2.31. The van der Waals surface area contributed by atoms with E-state index in [1.165, 1.54) is 25.9 Å². The Morgan fingerprint density at radius 2 is 1.70 bits per heavy atom. The van der Waals surface area contributed by atoms with E-state index in [-0.39, 0.29) is 34.0 Å². The largest absolute Gasteiger partial charge is 0.317 e. The van der Waals surface area contributed by atoms with Crippen molar-refractivity contribution >= 4 is 34.0 Å². The zero-order valence-corrected chi connectivity index (χ0v) is 9.65. The van der Waals surface area contributed by atoms with Crippen molar-refractivity contribution in [1.82, 2.24) is 10.6 Å². The maximum absolute atomic E-state index is 3.31. The van der Waals surface area contributed by atoms with Gasteiger partial charge in [-0.1, -0.05) is 0 Å². The molecule has 64 valence electrons. The van der Waals surface area contributed by atoms with Crippen LogP contribution >= 0.6 is 34.0 Å². The van der Waals surface area contributed by atoms with Gasteiger partial charge >= 0.3 is 0 Å². The van der Waals surface area contributed by atoms with Gasteiger partial charge in [0.25, 0.3) is 0 Å². The Bertz CT molecular complexity index is 64.8. The van der Waals surface area contributed by atoms with Crippen LogP contribution in [0, 0.1) is 0 Å². The van der Waals surface area contributed by atoms with Gasteiger partial charge in [-0.05, 0) is 33.0 Å². The second-order valence-electron chi connectivity index (χ2n) is 2.31. The summed E-state index contributed by atoms with van der Waals surface area (Å²) in [6.45, 7) is 2.37. The number of hydrogen-bond acceptors (Lipinski definition) is 2. The molecule has 0 unspecified atom stereocenters. The fourth-order valence-corrected chi connectivity index (χ4v) is 1.11. The van der Waals surface area contributed by atoms with E-state index in [0.717, 1.165) is 6.04 Å². The van der Waals surface area contributed by atoms with Crippen LogP contribution in [0.1, 0.15) is 12.8 Å². The molecule has 0 aromatic heterocycles. The minimum Gasteiger partial charge on any atom is -0.317 e. The minimum atomic E-state index is 0. The molecule has 2 nitrogen and oxygen atoms in total. The van der Waals surface area contributed by atoms with Gasteiger partial charge in [0.1, 0.15) is 0 Å². The summed E-state index contributed by atoms with van der Waals surface area (Å²) in [5.74, 6) is 0. The molecule has 4 heteroatoms. The average molecular weight is 276 g/mol. The van der Waals surface area contributed by atoms with Crippen molar-refractivity contribution in [2.45, 2.75) is 18.9 Å². The summed E-state index contributed by atoms with van der Waals surface area (Å²) >= 11 is 0. The molecule has 1 fully saturated rings. The third-order valence-corrected chi connectivity index (χ3v) is 1.75. The minimum absolute atomic E-state index is 0. The summed E-state index contributed by atoms with van der Waals surface area (Å²) in [5, 5.41) is 6.57. The van der Waals surface area contributed by atoms with Crippen LogP contribution < -0.4 is 10.6 Å². The van der Waals surface area contributed by atoms with E-state index in [2.05, 4.69) is 10.6 Å². The molecule has 1 aliphatic heterocycles. The van der Waals surface area contributed by atoms with E-state index >= 15 is 0 Å². The lowest BCUT2D eigenvalue weighted by molar-refractivity contribution is 0.409. The number of halogens is 2. The molecular weight excluding hydrogens is 260 g/mol. The highest BCUT2D eigenvalue weighted by atomic mass is 79.9. The zero-order valence-electron chi connectivity index (χ0n) is 6.22. The third-order valence-electron chi connectivity index (χ3n) is 1.75. The van der Waals surface area contributed by atoms with Gasteiger partial charge in [-0.2, -0.15) is 0 Å². The van der Waals surface area contributed by atoms with Crippen molar-refractivity contribution in [2.24, 2.45) is 0 Å². The van der Waals surface area contributed by atoms with Crippen LogP contribution in [0.4, 0.5) is 0 Å². The molecule has 2 N–H and O–H groups in total. The van der Waals surface area contributed by atoms with Crippen LogP contribution in [0.25, 0.3) is 0 Å². The molecule has 0 aromatic rings. The van der Waals surface area contributed by atoms with Crippen LogP contribution in [0.5, 0.6) is 0 Å². The first-order valence-electron chi connectivity index (χ1n) is 3.31. The Kier molecular flexibility index (Phi) is 10.7. The van der Waals surface area contributed by atoms with Crippen LogP contribution in [-0.2, 0) is 0 Å². The summed E-state index contributed by atoms with van der Waals surface area (Å²) in [6.07, 6.45) is 2.58. The number of rotatable bonds is 1. The van der Waals surface area contributed by atoms with Gasteiger partial charge in [0.2, 0.25) is 0 Å². The van der Waals surface area contributed by atoms with E-state index in [4.69, 9.17) is 0 Å². The summed E-state index contributed by atoms with van der Waals surface area (Å²) in [4.78, 5) is 0. The van der Waals surface area contributed by atoms with Gasteiger partial charge in [-0.3, -0.25) is 0 Å². The maximum atomic E-state index is 3.31. The van der Waals surface area contributed by atoms with Crippen molar-refractivity contribution in [2.75, 3.05) is 20.1 Å². The Labute approximate surface area is 83.7 Å². The first kappa shape index (κ1) is 13.5. The molecule has 1 saturated heterocycles. The lowest BCUT2D eigenvalue weighted by Crippen LogP contribution is -2.37. The standard InChI is InChI=1S/C6H14N2.2BrH/c1-7-6-2-4-8-5-3-6;;/h6-8H,2-5H2,1H3;2*1H. The number of piperidine rings is 1. The Hall–Kier alpha value is 0.880. The van der Waals surface area contributed by atoms with Crippen LogP contribution in [0.2, 0.25) is 0 Å². The van der Waals surface area contributed by atoms with Gasteiger partial charge in [0.15, 0.2) is 0 Å². The summed E-state index contributed by atoms with van der Waals surface area (Å²) in [6, 6.07) is 0.774. The van der Waals surface area contributed by atoms with Gasteiger partial charge in [-0.25, -0.2) is 0 Å². The highest BCUT2D eigenvalue weighted by Crippen LogP contribution is 1.99. The fraction of sp³-hybridized carbons (Fsp3) is 1.00. The molecule has 0 amide bonds. The van der Waals surface area contributed by atoms with Crippen LogP contribution in [0.15, 0.2) is 0 Å². The first-order chi connectivity index (χ1) is 3.93. The van der Waals surface area contributed by atoms with Crippen molar-refractivity contribution < 1.29 is 0 Å². The van der Waals surface area contributed by atoms with Crippen molar-refractivity contribution in [1.29, 1.82) is 0 Å². The molecule has 0 aliphatic carbocycles. The summed E-state index contributed by atoms with van der Waals surface area (Å²) in [5.41, 5.74) is 0. The maximum Gasteiger partial charge on any atom is 0.00882 e. The molecule has 0 spiro atoms. The molecule has 0 saturated carbocycles. The van der Waals surface area contributed by atoms with Crippen molar-refractivity contribution in [3.63, 3.8) is 0 Å². The molecule has 1 aliphatic rings. The third kappa shape index (κ3) is 4.66. The molecule has 0 radical (unpaired) electrons. The monoisotopic (exact) mass is 274 g/mol. The molecule has 1 heterocycles. The molecular formula is C6H16Br2N2. The lowest BCUT2D eigenvalue weighted by atomic mass is 10.1. The number of nitrogens with one attached hydrogen (secondary N) is 2. The average Bonchev–Trinajstić information content (AvgIpc) is 1.90. The topological polar surface area (TPSA) is 24.1 Å². The van der Waals surface area contributed by atoms with Gasteiger partial charge in [0.05, 0.1) is 0 Å². The van der Waals surface area contributed by atoms with Crippen molar-refractivity contribution in [3.8, 4) is 0 Å². The highest BCUT2D eigenvalue weighted by Gasteiger charge is 2.08. The van der Waals surface area contributed by atoms with E-state index < -0.39 is 0 Å². The van der Waals surface area contributed by atoms with Crippen LogP contribution in [0.3, 0.4) is 0 Å². The Morgan fingerprint density at radius 1 is 1.20 bits per heavy atom. The van der Waals surface area contributed by atoms with Gasteiger partial charge in [0, 0.05) is 6.04 Å². The fourth-order valence-electron chi connectivity index (χ4n) is 1.11. The second kappa shape index (κ2) is 7.98. The van der Waals surface area contributed by atoms with Crippen LogP contribution in [-0.4, -0.2) is 26.2 Å². The quantitative estimate of drug-likeness (QED) is 0.749. The predicted octanol–water partition coefficient (Wildman–Crippen LogP) is 1.11. The summed E-state index contributed by atoms with van der Waals surface area (Å²) in [7, 11) is 2.04. The van der Waals surface area contributed by atoms with E-state index in [1.807, 2.05) is 7.05 Å². The molecule has 0 atom stereocenters. The Morgan fingerprint density at radius 3 is 2.00 bits per heavy atom. The van der Waals surface area contributed by atoms with Gasteiger partial charge in [-0.15, -0.1) is 34.0 Å². The molecule has 1 rings (SSSR count). The van der Waals surface area contributed by atoms with Crippen molar-refractivity contribution in [3.05, 3.63) is 0 Å². The molecule has 0 aromatic carbocycles. The van der Waals surface area contributed by atoms with E-state index in [0.29, 0.717) is 0 Å².